The molecule has 4 aliphatic carbocycles. The highest BCUT2D eigenvalue weighted by molar-refractivity contribution is 5.95. The van der Waals surface area contributed by atoms with E-state index in [1.807, 2.05) is 27.7 Å². The summed E-state index contributed by atoms with van der Waals surface area (Å²) in [5.41, 5.74) is -2.29. The van der Waals surface area contributed by atoms with Gasteiger partial charge in [-0.15, -0.1) is 0 Å². The van der Waals surface area contributed by atoms with Crippen LogP contribution in [0.1, 0.15) is 79.6 Å². The summed E-state index contributed by atoms with van der Waals surface area (Å²) in [7, 11) is 0. The summed E-state index contributed by atoms with van der Waals surface area (Å²) in [6, 6.07) is 0. The molecule has 3 saturated carbocycles. The predicted molar refractivity (Wildman–Crippen MR) is 130 cm³/mol. The predicted octanol–water partition coefficient (Wildman–Crippen LogP) is 2.91. The molecular weight excluding hydrogens is 432 g/mol. The van der Waals surface area contributed by atoms with Gasteiger partial charge >= 0.3 is 0 Å². The highest BCUT2D eigenvalue weighted by Gasteiger charge is 2.69. The van der Waals surface area contributed by atoms with E-state index in [2.05, 4.69) is 6.58 Å². The highest BCUT2D eigenvalue weighted by atomic mass is 16.3. The van der Waals surface area contributed by atoms with Crippen molar-refractivity contribution in [3.8, 4) is 0 Å². The number of allylic oxidation sites excluding steroid dienone is 1. The summed E-state index contributed by atoms with van der Waals surface area (Å²) >= 11 is 0. The molecule has 10 atom stereocenters. The molecule has 0 amide bonds. The molecule has 6 nitrogen and oxygen atoms in total. The second kappa shape index (κ2) is 8.24. The zero-order valence-electron chi connectivity index (χ0n) is 21.4. The highest BCUT2D eigenvalue weighted by Crippen LogP contribution is 2.68. The number of carbonyl (C=O) groups is 1. The van der Waals surface area contributed by atoms with Gasteiger partial charge in [-0.05, 0) is 86.7 Å². The Hall–Kier alpha value is -1.05. The number of aliphatic hydroxyl groups is 5. The Morgan fingerprint density at radius 1 is 1.18 bits per heavy atom. The number of hydrogen-bond donors (Lipinski definition) is 5. The van der Waals surface area contributed by atoms with Crippen LogP contribution in [-0.4, -0.2) is 60.8 Å². The van der Waals surface area contributed by atoms with E-state index in [9.17, 15) is 30.3 Å². The Morgan fingerprint density at radius 3 is 2.44 bits per heavy atom. The first-order valence-electron chi connectivity index (χ1n) is 13.0. The number of rotatable bonds is 5. The van der Waals surface area contributed by atoms with Crippen molar-refractivity contribution >= 4 is 5.78 Å². The lowest BCUT2D eigenvalue weighted by molar-refractivity contribution is -0.175. The zero-order chi connectivity index (χ0) is 25.4. The minimum Gasteiger partial charge on any atom is -0.390 e. The van der Waals surface area contributed by atoms with Gasteiger partial charge in [-0.1, -0.05) is 39.8 Å². The molecule has 0 bridgehead atoms. The molecular formula is C28H44O6. The van der Waals surface area contributed by atoms with Crippen LogP contribution in [0.25, 0.3) is 0 Å². The maximum absolute atomic E-state index is 13.3. The van der Waals surface area contributed by atoms with E-state index < -0.39 is 40.3 Å². The van der Waals surface area contributed by atoms with Gasteiger partial charge in [0.1, 0.15) is 0 Å². The first kappa shape index (κ1) is 26.0. The fourth-order valence-electron chi connectivity index (χ4n) is 8.23. The molecule has 4 rings (SSSR count). The Bertz CT molecular complexity index is 891. The minimum atomic E-state index is -1.42. The molecule has 0 saturated heterocycles. The first-order chi connectivity index (χ1) is 15.6. The average Bonchev–Trinajstić information content (AvgIpc) is 3.02. The second-order valence-electron chi connectivity index (χ2n) is 12.9. The van der Waals surface area contributed by atoms with E-state index in [-0.39, 0.29) is 35.9 Å². The molecule has 0 aromatic heterocycles. The molecule has 0 heterocycles. The van der Waals surface area contributed by atoms with Crippen LogP contribution in [0.3, 0.4) is 0 Å². The molecule has 4 aliphatic rings. The summed E-state index contributed by atoms with van der Waals surface area (Å²) in [5.74, 6) is -0.656. The fraction of sp³-hybridized carbons (Fsp3) is 0.821. The van der Waals surface area contributed by atoms with Crippen molar-refractivity contribution in [2.75, 3.05) is 0 Å². The van der Waals surface area contributed by atoms with E-state index in [0.717, 1.165) is 17.6 Å². The van der Waals surface area contributed by atoms with Crippen LogP contribution in [0.5, 0.6) is 0 Å². The molecule has 34 heavy (non-hydrogen) atoms. The molecule has 0 spiro atoms. The third-order valence-corrected chi connectivity index (χ3v) is 10.8. The van der Waals surface area contributed by atoms with E-state index in [1.165, 1.54) is 0 Å². The van der Waals surface area contributed by atoms with E-state index >= 15 is 0 Å². The lowest BCUT2D eigenvalue weighted by atomic mass is 9.45. The molecule has 0 unspecified atom stereocenters. The van der Waals surface area contributed by atoms with Crippen molar-refractivity contribution < 1.29 is 30.3 Å². The van der Waals surface area contributed by atoms with Crippen molar-refractivity contribution in [3.05, 3.63) is 23.8 Å². The molecule has 0 radical (unpaired) electrons. The second-order valence-corrected chi connectivity index (χ2v) is 12.9. The summed E-state index contributed by atoms with van der Waals surface area (Å²) < 4.78 is 0. The van der Waals surface area contributed by atoms with Gasteiger partial charge in [-0.25, -0.2) is 0 Å². The van der Waals surface area contributed by atoms with Gasteiger partial charge in [-0.3, -0.25) is 4.79 Å². The van der Waals surface area contributed by atoms with Crippen LogP contribution in [-0.2, 0) is 4.79 Å². The summed E-state index contributed by atoms with van der Waals surface area (Å²) in [4.78, 5) is 13.3. The topological polar surface area (TPSA) is 118 Å². The van der Waals surface area contributed by atoms with Crippen molar-refractivity contribution in [3.63, 3.8) is 0 Å². The van der Waals surface area contributed by atoms with Crippen LogP contribution in [0.4, 0.5) is 0 Å². The minimum absolute atomic E-state index is 0.0650. The monoisotopic (exact) mass is 476 g/mol. The van der Waals surface area contributed by atoms with Crippen molar-refractivity contribution in [2.24, 2.45) is 34.5 Å². The smallest absolute Gasteiger partial charge is 0.159 e. The third kappa shape index (κ3) is 3.51. The van der Waals surface area contributed by atoms with Crippen molar-refractivity contribution in [1.82, 2.24) is 0 Å². The van der Waals surface area contributed by atoms with E-state index in [4.69, 9.17) is 0 Å². The Morgan fingerprint density at radius 2 is 1.82 bits per heavy atom. The van der Waals surface area contributed by atoms with Gasteiger partial charge in [0.15, 0.2) is 5.78 Å². The number of carbonyl (C=O) groups excluding carboxylic acids is 1. The van der Waals surface area contributed by atoms with Crippen LogP contribution in [0.15, 0.2) is 23.8 Å². The summed E-state index contributed by atoms with van der Waals surface area (Å²) in [5, 5.41) is 55.6. The SMILES string of the molecule is C=C(C[C@@H](O)[C@](C)(O)[C@H]1CC[C@]2(O)C3=CC(=O)[C@@H]4C[C@@H](O)[C@@H](O)C[C@]4(C)[C@H]3CC[C@]12C)C(C)C. The van der Waals surface area contributed by atoms with E-state index in [0.29, 0.717) is 32.1 Å². The van der Waals surface area contributed by atoms with Gasteiger partial charge in [0.2, 0.25) is 0 Å². The van der Waals surface area contributed by atoms with Gasteiger partial charge in [0.25, 0.3) is 0 Å². The number of ketones is 1. The standard InChI is InChI=1S/C28H44O6/c1-15(2)16(3)11-24(32)27(6,33)23-8-10-28(34)18-12-20(29)19-13-21(30)22(31)14-25(19,4)17(18)7-9-26(23,28)5/h12,15,17,19,21-24,30-34H,3,7-11,13-14H2,1-2,4-6H3/t17-,19-,21+,22-,23-,24+,25+,26+,27+,28-/m0/s1. The zero-order valence-corrected chi connectivity index (χ0v) is 21.4. The molecule has 3 fully saturated rings. The van der Waals surface area contributed by atoms with Crippen LogP contribution < -0.4 is 0 Å². The largest absolute Gasteiger partial charge is 0.390 e. The Labute approximate surface area is 203 Å². The van der Waals surface area contributed by atoms with Gasteiger partial charge in [0, 0.05) is 11.3 Å². The Balaban J connectivity index is 1.68. The van der Waals surface area contributed by atoms with Gasteiger partial charge in [-0.2, -0.15) is 0 Å². The molecule has 5 N–H and O–H groups in total. The fourth-order valence-corrected chi connectivity index (χ4v) is 8.23. The van der Waals surface area contributed by atoms with Gasteiger partial charge in [0.05, 0.1) is 29.5 Å². The van der Waals surface area contributed by atoms with Crippen LogP contribution >= 0.6 is 0 Å². The Kier molecular flexibility index (Phi) is 6.31. The average molecular weight is 477 g/mol. The maximum Gasteiger partial charge on any atom is 0.159 e. The summed E-state index contributed by atoms with van der Waals surface area (Å²) in [6.45, 7) is 13.8. The number of aliphatic hydroxyl groups excluding tert-OH is 3. The molecule has 192 valence electrons. The van der Waals surface area contributed by atoms with Crippen molar-refractivity contribution in [1.29, 1.82) is 0 Å². The quantitative estimate of drug-likeness (QED) is 0.390. The first-order valence-corrected chi connectivity index (χ1v) is 13.0. The number of fused-ring (bicyclic) bond motifs is 5. The van der Waals surface area contributed by atoms with E-state index in [1.54, 1.807) is 13.0 Å². The molecule has 0 aromatic rings. The molecule has 0 aromatic carbocycles. The van der Waals surface area contributed by atoms with Gasteiger partial charge < -0.3 is 25.5 Å². The number of hydrogen-bond acceptors (Lipinski definition) is 6. The summed E-state index contributed by atoms with van der Waals surface area (Å²) in [6.07, 6.45) is 2.07. The van der Waals surface area contributed by atoms with Crippen LogP contribution in [0.2, 0.25) is 0 Å². The normalized spacial score (nSPS) is 46.7. The third-order valence-electron chi connectivity index (χ3n) is 10.8. The molecule has 6 heteroatoms. The maximum atomic E-state index is 13.3. The molecule has 0 aliphatic heterocycles. The van der Waals surface area contributed by atoms with Crippen LogP contribution in [0, 0.1) is 34.5 Å². The van der Waals surface area contributed by atoms with Crippen molar-refractivity contribution in [2.45, 2.75) is 109 Å². The lowest BCUT2D eigenvalue weighted by Crippen LogP contribution is -2.62. The lowest BCUT2D eigenvalue weighted by Gasteiger charge is -2.60.